The summed E-state index contributed by atoms with van der Waals surface area (Å²) in [6.07, 6.45) is 0. The van der Waals surface area contributed by atoms with E-state index < -0.39 is 0 Å². The highest BCUT2D eigenvalue weighted by Gasteiger charge is 2.09. The lowest BCUT2D eigenvalue weighted by Crippen LogP contribution is -2.35. The van der Waals surface area contributed by atoms with Crippen LogP contribution < -0.4 is 10.6 Å². The number of anilines is 1. The van der Waals surface area contributed by atoms with Crippen LogP contribution in [0.4, 0.5) is 5.82 Å². The lowest BCUT2D eigenvalue weighted by atomic mass is 10.3. The van der Waals surface area contributed by atoms with Crippen LogP contribution in [-0.2, 0) is 0 Å². The van der Waals surface area contributed by atoms with Crippen molar-refractivity contribution in [2.45, 2.75) is 19.9 Å². The second kappa shape index (κ2) is 3.58. The quantitative estimate of drug-likeness (QED) is 0.691. The van der Waals surface area contributed by atoms with Crippen molar-refractivity contribution in [2.24, 2.45) is 5.73 Å². The predicted octanol–water partition coefficient (Wildman–Crippen LogP) is 0.502. The van der Waals surface area contributed by atoms with Gasteiger partial charge in [-0.3, -0.25) is 5.10 Å². The lowest BCUT2D eigenvalue weighted by Gasteiger charge is -2.22. The van der Waals surface area contributed by atoms with Gasteiger partial charge in [0.15, 0.2) is 5.82 Å². The Hall–Kier alpha value is -1.03. The average Bonchev–Trinajstić information content (AvgIpc) is 2.49. The molecule has 3 N–H and O–H groups in total. The summed E-state index contributed by atoms with van der Waals surface area (Å²) in [5, 5.41) is 7.03. The van der Waals surface area contributed by atoms with Crippen molar-refractivity contribution in [2.75, 3.05) is 18.5 Å². The Balaban J connectivity index is 2.70. The maximum atomic E-state index is 5.54. The Morgan fingerprint density at radius 2 is 2.42 bits per heavy atom. The minimum absolute atomic E-state index is 0.327. The van der Waals surface area contributed by atoms with Gasteiger partial charge in [-0.05, 0) is 13.8 Å². The summed E-state index contributed by atoms with van der Waals surface area (Å²) in [7, 11) is 1.99. The fraction of sp³-hybridized carbons (Fsp3) is 0.625. The third-order valence-electron chi connectivity index (χ3n) is 2.06. The van der Waals surface area contributed by atoms with Gasteiger partial charge in [-0.15, -0.1) is 0 Å². The number of likely N-dealkylation sites (N-methyl/N-ethyl adjacent to an activating group) is 1. The molecule has 12 heavy (non-hydrogen) atoms. The van der Waals surface area contributed by atoms with Crippen molar-refractivity contribution in [1.29, 1.82) is 0 Å². The van der Waals surface area contributed by atoms with Crippen molar-refractivity contribution < 1.29 is 0 Å². The van der Waals surface area contributed by atoms with E-state index in [9.17, 15) is 0 Å². The van der Waals surface area contributed by atoms with E-state index in [4.69, 9.17) is 5.73 Å². The largest absolute Gasteiger partial charge is 0.354 e. The molecule has 4 heteroatoms. The Bertz CT molecular complexity index is 243. The van der Waals surface area contributed by atoms with Gasteiger partial charge in [-0.2, -0.15) is 5.10 Å². The number of rotatable bonds is 3. The molecule has 0 spiro atoms. The van der Waals surface area contributed by atoms with Crippen LogP contribution >= 0.6 is 0 Å². The van der Waals surface area contributed by atoms with Gasteiger partial charge < -0.3 is 10.6 Å². The molecule has 0 amide bonds. The van der Waals surface area contributed by atoms with Crippen molar-refractivity contribution in [3.63, 3.8) is 0 Å². The number of hydrogen-bond acceptors (Lipinski definition) is 3. The smallest absolute Gasteiger partial charge is 0.150 e. The number of nitrogens with zero attached hydrogens (tertiary/aromatic N) is 2. The molecule has 4 nitrogen and oxygen atoms in total. The summed E-state index contributed by atoms with van der Waals surface area (Å²) in [6, 6.07) is 2.33. The highest BCUT2D eigenvalue weighted by molar-refractivity contribution is 5.38. The van der Waals surface area contributed by atoms with Crippen LogP contribution in [0.3, 0.4) is 0 Å². The number of aryl methyl sites for hydroxylation is 1. The molecular weight excluding hydrogens is 152 g/mol. The molecule has 1 aromatic heterocycles. The van der Waals surface area contributed by atoms with Crippen LogP contribution in [-0.4, -0.2) is 29.8 Å². The van der Waals surface area contributed by atoms with Crippen LogP contribution in [0.25, 0.3) is 0 Å². The molecule has 0 aliphatic carbocycles. The van der Waals surface area contributed by atoms with Crippen molar-refractivity contribution in [3.8, 4) is 0 Å². The zero-order valence-corrected chi connectivity index (χ0v) is 7.83. The molecule has 1 rings (SSSR count). The van der Waals surface area contributed by atoms with Gasteiger partial charge in [-0.1, -0.05) is 0 Å². The average molecular weight is 168 g/mol. The first-order valence-corrected chi connectivity index (χ1v) is 4.10. The Kier molecular flexibility index (Phi) is 2.70. The van der Waals surface area contributed by atoms with Crippen molar-refractivity contribution in [3.05, 3.63) is 11.8 Å². The van der Waals surface area contributed by atoms with Gasteiger partial charge in [0.25, 0.3) is 0 Å². The second-order valence-electron chi connectivity index (χ2n) is 3.10. The number of hydrogen-bond donors (Lipinski definition) is 2. The van der Waals surface area contributed by atoms with E-state index in [1.807, 2.05) is 20.0 Å². The molecule has 0 saturated heterocycles. The fourth-order valence-corrected chi connectivity index (χ4v) is 0.968. The van der Waals surface area contributed by atoms with E-state index in [1.54, 1.807) is 0 Å². The Morgan fingerprint density at radius 3 is 2.83 bits per heavy atom. The Labute approximate surface area is 72.8 Å². The zero-order valence-electron chi connectivity index (χ0n) is 7.83. The second-order valence-corrected chi connectivity index (χ2v) is 3.10. The minimum atomic E-state index is 0.327. The first kappa shape index (κ1) is 9.06. The molecule has 1 heterocycles. The summed E-state index contributed by atoms with van der Waals surface area (Å²) in [5.74, 6) is 0.949. The molecule has 0 bridgehead atoms. The third kappa shape index (κ3) is 1.76. The number of aromatic nitrogens is 2. The third-order valence-corrected chi connectivity index (χ3v) is 2.06. The number of nitrogens with one attached hydrogen (secondary N) is 1. The van der Waals surface area contributed by atoms with E-state index >= 15 is 0 Å². The highest BCUT2D eigenvalue weighted by Crippen LogP contribution is 2.11. The van der Waals surface area contributed by atoms with Crippen molar-refractivity contribution in [1.82, 2.24) is 10.2 Å². The molecule has 1 atom stereocenters. The zero-order chi connectivity index (χ0) is 9.14. The van der Waals surface area contributed by atoms with Crippen LogP contribution in [0.2, 0.25) is 0 Å². The summed E-state index contributed by atoms with van der Waals surface area (Å²) >= 11 is 0. The molecule has 1 unspecified atom stereocenters. The standard InChI is InChI=1S/C8H16N4/c1-6-4-8(11-10-6)12(3)7(2)5-9/h4,7H,5,9H2,1-3H3,(H,10,11). The first-order valence-electron chi connectivity index (χ1n) is 4.10. The normalized spacial score (nSPS) is 13.0. The molecule has 0 aliphatic rings. The van der Waals surface area contributed by atoms with E-state index in [2.05, 4.69) is 22.0 Å². The first-order chi connectivity index (χ1) is 5.65. The Morgan fingerprint density at radius 1 is 1.75 bits per heavy atom. The van der Waals surface area contributed by atoms with Gasteiger partial charge in [0.2, 0.25) is 0 Å². The summed E-state index contributed by atoms with van der Waals surface area (Å²) in [6.45, 7) is 4.70. The molecule has 68 valence electrons. The molecule has 1 aromatic rings. The van der Waals surface area contributed by atoms with Crippen LogP contribution in [0.5, 0.6) is 0 Å². The van der Waals surface area contributed by atoms with Crippen LogP contribution in [0.15, 0.2) is 6.07 Å². The number of nitrogens with two attached hydrogens (primary N) is 1. The molecule has 0 aliphatic heterocycles. The topological polar surface area (TPSA) is 57.9 Å². The molecule has 0 radical (unpaired) electrons. The molecular formula is C8H16N4. The van der Waals surface area contributed by atoms with Gasteiger partial charge in [0, 0.05) is 31.4 Å². The maximum absolute atomic E-state index is 5.54. The van der Waals surface area contributed by atoms with Crippen LogP contribution in [0.1, 0.15) is 12.6 Å². The summed E-state index contributed by atoms with van der Waals surface area (Å²) < 4.78 is 0. The van der Waals surface area contributed by atoms with Gasteiger partial charge in [0.05, 0.1) is 0 Å². The number of H-pyrrole nitrogens is 1. The van der Waals surface area contributed by atoms with Gasteiger partial charge in [-0.25, -0.2) is 0 Å². The van der Waals surface area contributed by atoms with Gasteiger partial charge >= 0.3 is 0 Å². The minimum Gasteiger partial charge on any atom is -0.354 e. The fourth-order valence-electron chi connectivity index (χ4n) is 0.968. The lowest BCUT2D eigenvalue weighted by molar-refractivity contribution is 0.686. The molecule has 0 aromatic carbocycles. The monoisotopic (exact) mass is 168 g/mol. The summed E-state index contributed by atoms with van der Waals surface area (Å²) in [4.78, 5) is 2.06. The van der Waals surface area contributed by atoms with E-state index in [0.29, 0.717) is 12.6 Å². The van der Waals surface area contributed by atoms with E-state index in [-0.39, 0.29) is 0 Å². The van der Waals surface area contributed by atoms with Gasteiger partial charge in [0.1, 0.15) is 0 Å². The summed E-state index contributed by atoms with van der Waals surface area (Å²) in [5.41, 5.74) is 6.61. The van der Waals surface area contributed by atoms with Crippen molar-refractivity contribution >= 4 is 5.82 Å². The predicted molar refractivity (Wildman–Crippen MR) is 50.2 cm³/mol. The highest BCUT2D eigenvalue weighted by atomic mass is 15.3. The maximum Gasteiger partial charge on any atom is 0.150 e. The SMILES string of the molecule is Cc1cc(N(C)C(C)CN)n[nH]1. The van der Waals surface area contributed by atoms with E-state index in [1.165, 1.54) is 0 Å². The molecule has 0 saturated carbocycles. The number of aromatic amines is 1. The van der Waals surface area contributed by atoms with Crippen LogP contribution in [0, 0.1) is 6.92 Å². The molecule has 0 fully saturated rings. The van der Waals surface area contributed by atoms with E-state index in [0.717, 1.165) is 11.5 Å².